The van der Waals surface area contributed by atoms with Gasteiger partial charge in [0.25, 0.3) is 0 Å². The summed E-state index contributed by atoms with van der Waals surface area (Å²) in [6.07, 6.45) is 1.74. The number of nitrogens with one attached hydrogen (secondary N) is 2. The van der Waals surface area contributed by atoms with Gasteiger partial charge in [-0.25, -0.2) is 4.98 Å². The molecule has 2 N–H and O–H groups in total. The fourth-order valence-corrected chi connectivity index (χ4v) is 1.37. The lowest BCUT2D eigenvalue weighted by Gasteiger charge is -2.20. The zero-order valence-corrected chi connectivity index (χ0v) is 11.7. The summed E-state index contributed by atoms with van der Waals surface area (Å²) in [5.74, 6) is 1.43. The second-order valence-electron chi connectivity index (χ2n) is 3.83. The van der Waals surface area contributed by atoms with Gasteiger partial charge in [0.15, 0.2) is 0 Å². The van der Waals surface area contributed by atoms with E-state index in [-0.39, 0.29) is 0 Å². The first-order chi connectivity index (χ1) is 7.54. The third-order valence-electron chi connectivity index (χ3n) is 2.41. The average Bonchev–Trinajstić information content (AvgIpc) is 2.27. The highest BCUT2D eigenvalue weighted by Gasteiger charge is 2.07. The van der Waals surface area contributed by atoms with Gasteiger partial charge in [0, 0.05) is 25.8 Å². The highest BCUT2D eigenvalue weighted by atomic mass is 79.9. The molecule has 1 unspecified atom stereocenters. The first-order valence-electron chi connectivity index (χ1n) is 5.15. The van der Waals surface area contributed by atoms with Crippen LogP contribution in [0.2, 0.25) is 0 Å². The molecule has 0 aliphatic carbocycles. The van der Waals surface area contributed by atoms with Crippen LogP contribution in [0.15, 0.2) is 10.7 Å². The average molecular weight is 288 g/mol. The topological polar surface area (TPSA) is 53.1 Å². The Morgan fingerprint density at radius 3 is 2.75 bits per heavy atom. The van der Waals surface area contributed by atoms with Crippen LogP contribution in [0.1, 0.15) is 6.92 Å². The van der Waals surface area contributed by atoms with Crippen molar-refractivity contribution in [1.29, 1.82) is 0 Å². The fourth-order valence-electron chi connectivity index (χ4n) is 1.04. The maximum atomic E-state index is 4.32. The van der Waals surface area contributed by atoms with Gasteiger partial charge in [-0.1, -0.05) is 0 Å². The summed E-state index contributed by atoms with van der Waals surface area (Å²) in [5.41, 5.74) is 0. The van der Waals surface area contributed by atoms with Gasteiger partial charge in [-0.3, -0.25) is 0 Å². The number of rotatable bonds is 5. The minimum atomic E-state index is 0.444. The molecular weight excluding hydrogens is 270 g/mol. The number of anilines is 2. The highest BCUT2D eigenvalue weighted by molar-refractivity contribution is 9.10. The lowest BCUT2D eigenvalue weighted by atomic mass is 10.3. The van der Waals surface area contributed by atoms with E-state index in [9.17, 15) is 0 Å². The van der Waals surface area contributed by atoms with E-state index in [2.05, 4.69) is 62.5 Å². The van der Waals surface area contributed by atoms with Gasteiger partial charge in [0.2, 0.25) is 5.95 Å². The molecule has 5 nitrogen and oxygen atoms in total. The van der Waals surface area contributed by atoms with Gasteiger partial charge in [-0.05, 0) is 36.9 Å². The largest absolute Gasteiger partial charge is 0.367 e. The van der Waals surface area contributed by atoms with E-state index in [1.807, 2.05) is 0 Å². The van der Waals surface area contributed by atoms with Crippen LogP contribution in [0.25, 0.3) is 0 Å². The van der Waals surface area contributed by atoms with Gasteiger partial charge >= 0.3 is 0 Å². The van der Waals surface area contributed by atoms with Crippen molar-refractivity contribution in [3.05, 3.63) is 10.7 Å². The number of aromatic nitrogens is 2. The molecule has 1 rings (SSSR count). The molecule has 0 saturated carbocycles. The third-order valence-corrected chi connectivity index (χ3v) is 2.99. The number of hydrogen-bond acceptors (Lipinski definition) is 5. The molecule has 1 atom stereocenters. The molecule has 1 aromatic rings. The summed E-state index contributed by atoms with van der Waals surface area (Å²) in [6, 6.07) is 0.444. The lowest BCUT2D eigenvalue weighted by Crippen LogP contribution is -2.31. The minimum absolute atomic E-state index is 0.444. The van der Waals surface area contributed by atoms with Gasteiger partial charge in [-0.15, -0.1) is 0 Å². The van der Waals surface area contributed by atoms with Crippen LogP contribution in [0.4, 0.5) is 11.8 Å². The quantitative estimate of drug-likeness (QED) is 0.862. The maximum absolute atomic E-state index is 4.32. The van der Waals surface area contributed by atoms with Crippen LogP contribution in [0, 0.1) is 0 Å². The zero-order chi connectivity index (χ0) is 12.1. The Labute approximate surface area is 105 Å². The van der Waals surface area contributed by atoms with Crippen molar-refractivity contribution in [2.45, 2.75) is 13.0 Å². The van der Waals surface area contributed by atoms with E-state index in [1.54, 1.807) is 13.2 Å². The monoisotopic (exact) mass is 287 g/mol. The van der Waals surface area contributed by atoms with Gasteiger partial charge in [0.1, 0.15) is 5.82 Å². The van der Waals surface area contributed by atoms with Crippen LogP contribution in [0.3, 0.4) is 0 Å². The molecule has 0 radical (unpaired) electrons. The van der Waals surface area contributed by atoms with E-state index >= 15 is 0 Å². The van der Waals surface area contributed by atoms with Crippen molar-refractivity contribution in [2.75, 3.05) is 38.3 Å². The summed E-state index contributed by atoms with van der Waals surface area (Å²) in [5, 5.41) is 6.20. The van der Waals surface area contributed by atoms with E-state index in [0.717, 1.165) is 16.8 Å². The molecule has 1 heterocycles. The van der Waals surface area contributed by atoms with E-state index in [1.165, 1.54) is 0 Å². The number of nitrogens with zero attached hydrogens (tertiary/aromatic N) is 3. The Hall–Kier alpha value is -0.880. The zero-order valence-electron chi connectivity index (χ0n) is 10.1. The molecule has 0 aromatic carbocycles. The SMILES string of the molecule is CNc1ncc(Br)c(NCC(C)N(C)C)n1. The van der Waals surface area contributed by atoms with Gasteiger partial charge in [-0.2, -0.15) is 4.98 Å². The Balaban J connectivity index is 2.65. The van der Waals surface area contributed by atoms with Crippen LogP contribution in [0.5, 0.6) is 0 Å². The summed E-state index contributed by atoms with van der Waals surface area (Å²) in [7, 11) is 5.91. The molecule has 6 heteroatoms. The standard InChI is InChI=1S/C10H18BrN5/c1-7(16(3)4)5-13-9-8(11)6-14-10(12-2)15-9/h6-7H,5H2,1-4H3,(H2,12,13,14,15). The van der Waals surface area contributed by atoms with E-state index < -0.39 is 0 Å². The van der Waals surface area contributed by atoms with Crippen molar-refractivity contribution in [3.63, 3.8) is 0 Å². The first-order valence-corrected chi connectivity index (χ1v) is 5.94. The molecule has 1 aromatic heterocycles. The highest BCUT2D eigenvalue weighted by Crippen LogP contribution is 2.19. The van der Waals surface area contributed by atoms with Gasteiger partial charge in [0.05, 0.1) is 4.47 Å². The van der Waals surface area contributed by atoms with Crippen LogP contribution < -0.4 is 10.6 Å². The van der Waals surface area contributed by atoms with E-state index in [4.69, 9.17) is 0 Å². The van der Waals surface area contributed by atoms with Crippen LogP contribution >= 0.6 is 15.9 Å². The second-order valence-corrected chi connectivity index (χ2v) is 4.69. The molecular formula is C10H18BrN5. The molecule has 0 fully saturated rings. The van der Waals surface area contributed by atoms with E-state index in [0.29, 0.717) is 12.0 Å². The molecule has 0 aliphatic rings. The number of likely N-dealkylation sites (N-methyl/N-ethyl adjacent to an activating group) is 1. The molecule has 0 spiro atoms. The van der Waals surface area contributed by atoms with Gasteiger partial charge < -0.3 is 15.5 Å². The molecule has 16 heavy (non-hydrogen) atoms. The Morgan fingerprint density at radius 1 is 1.50 bits per heavy atom. The first kappa shape index (κ1) is 13.2. The van der Waals surface area contributed by atoms with Crippen molar-refractivity contribution < 1.29 is 0 Å². The lowest BCUT2D eigenvalue weighted by molar-refractivity contribution is 0.326. The fraction of sp³-hybridized carbons (Fsp3) is 0.600. The Bertz CT molecular complexity index is 342. The Morgan fingerprint density at radius 2 is 2.19 bits per heavy atom. The summed E-state index contributed by atoms with van der Waals surface area (Å²) < 4.78 is 0.873. The van der Waals surface area contributed by atoms with Crippen molar-refractivity contribution >= 4 is 27.7 Å². The molecule has 0 aliphatic heterocycles. The van der Waals surface area contributed by atoms with Crippen LogP contribution in [-0.2, 0) is 0 Å². The smallest absolute Gasteiger partial charge is 0.224 e. The second kappa shape index (κ2) is 6.00. The molecule has 0 amide bonds. The van der Waals surface area contributed by atoms with Crippen molar-refractivity contribution in [3.8, 4) is 0 Å². The molecule has 0 saturated heterocycles. The van der Waals surface area contributed by atoms with Crippen molar-refractivity contribution in [2.24, 2.45) is 0 Å². The molecule has 0 bridgehead atoms. The van der Waals surface area contributed by atoms with Crippen LogP contribution in [-0.4, -0.2) is 48.6 Å². The summed E-state index contributed by atoms with van der Waals surface area (Å²) in [6.45, 7) is 2.99. The maximum Gasteiger partial charge on any atom is 0.224 e. The number of halogens is 1. The summed E-state index contributed by atoms with van der Waals surface area (Å²) in [4.78, 5) is 10.6. The Kier molecular flexibility index (Phi) is 4.95. The summed E-state index contributed by atoms with van der Waals surface area (Å²) >= 11 is 3.42. The predicted molar refractivity (Wildman–Crippen MR) is 70.9 cm³/mol. The minimum Gasteiger partial charge on any atom is -0.367 e. The predicted octanol–water partition coefficient (Wildman–Crippen LogP) is 1.64. The third kappa shape index (κ3) is 3.61. The van der Waals surface area contributed by atoms with Crippen molar-refractivity contribution in [1.82, 2.24) is 14.9 Å². The normalized spacial score (nSPS) is 12.6. The number of hydrogen-bond donors (Lipinski definition) is 2. The molecule has 90 valence electrons.